The van der Waals surface area contributed by atoms with Gasteiger partial charge in [-0.2, -0.15) is 10.5 Å². The van der Waals surface area contributed by atoms with E-state index in [1.807, 2.05) is 12.1 Å². The van der Waals surface area contributed by atoms with Crippen molar-refractivity contribution >= 4 is 23.2 Å². The molecule has 0 fully saturated rings. The van der Waals surface area contributed by atoms with Gasteiger partial charge in [0.25, 0.3) is 5.91 Å². The van der Waals surface area contributed by atoms with Crippen LogP contribution in [0.2, 0.25) is 5.02 Å². The lowest BCUT2D eigenvalue weighted by atomic mass is 10.2. The second-order valence-corrected chi connectivity index (χ2v) is 5.28. The minimum Gasteiger partial charge on any atom is -0.490 e. The quantitative estimate of drug-likeness (QED) is 0.855. The average molecular weight is 356 g/mol. The number of halogens is 1. The molecule has 0 atom stereocenters. The Morgan fingerprint density at radius 2 is 1.92 bits per heavy atom. The van der Waals surface area contributed by atoms with E-state index in [1.54, 1.807) is 31.2 Å². The normalized spacial score (nSPS) is 9.60. The Hall–Kier alpha value is -3.22. The van der Waals surface area contributed by atoms with E-state index in [2.05, 4.69) is 5.32 Å². The highest BCUT2D eigenvalue weighted by Crippen LogP contribution is 2.28. The number of ether oxygens (including phenoxy) is 2. The number of rotatable bonds is 6. The van der Waals surface area contributed by atoms with Crippen molar-refractivity contribution in [3.63, 3.8) is 0 Å². The number of hydrogen-bond acceptors (Lipinski definition) is 5. The van der Waals surface area contributed by atoms with Crippen molar-refractivity contribution in [2.75, 3.05) is 18.5 Å². The third-order valence-electron chi connectivity index (χ3n) is 3.11. The van der Waals surface area contributed by atoms with Crippen LogP contribution in [0.3, 0.4) is 0 Å². The maximum absolute atomic E-state index is 12.1. The first-order valence-electron chi connectivity index (χ1n) is 7.36. The highest BCUT2D eigenvalue weighted by atomic mass is 35.5. The summed E-state index contributed by atoms with van der Waals surface area (Å²) in [4.78, 5) is 12.1. The Kier molecular flexibility index (Phi) is 6.22. The van der Waals surface area contributed by atoms with Gasteiger partial charge in [0.2, 0.25) is 0 Å². The van der Waals surface area contributed by atoms with Crippen molar-refractivity contribution in [3.8, 4) is 23.6 Å². The molecule has 0 saturated heterocycles. The molecule has 0 radical (unpaired) electrons. The Labute approximate surface area is 150 Å². The number of nitrogens with one attached hydrogen (secondary N) is 1. The molecular weight excluding hydrogens is 342 g/mol. The first-order valence-corrected chi connectivity index (χ1v) is 7.74. The van der Waals surface area contributed by atoms with Gasteiger partial charge in [-0.3, -0.25) is 4.79 Å². The Bertz CT molecular complexity index is 869. The molecule has 0 unspecified atom stereocenters. The molecule has 1 amide bonds. The molecule has 2 rings (SSSR count). The predicted molar refractivity (Wildman–Crippen MR) is 92.6 cm³/mol. The highest BCUT2D eigenvalue weighted by molar-refractivity contribution is 6.31. The summed E-state index contributed by atoms with van der Waals surface area (Å²) < 4.78 is 10.9. The number of nitrogens with zero attached hydrogens (tertiary/aromatic N) is 2. The zero-order valence-corrected chi connectivity index (χ0v) is 14.1. The zero-order valence-electron chi connectivity index (χ0n) is 13.4. The number of carbonyl (C=O) groups excluding carboxylic acids is 1. The van der Waals surface area contributed by atoms with E-state index in [0.29, 0.717) is 39.9 Å². The smallest absolute Gasteiger partial charge is 0.262 e. The van der Waals surface area contributed by atoms with E-state index >= 15 is 0 Å². The van der Waals surface area contributed by atoms with Crippen molar-refractivity contribution in [3.05, 3.63) is 52.5 Å². The van der Waals surface area contributed by atoms with Crippen LogP contribution in [-0.4, -0.2) is 19.1 Å². The highest BCUT2D eigenvalue weighted by Gasteiger charge is 2.11. The number of nitriles is 2. The van der Waals surface area contributed by atoms with E-state index in [9.17, 15) is 4.79 Å². The van der Waals surface area contributed by atoms with Crippen LogP contribution in [-0.2, 0) is 4.79 Å². The molecular formula is C18H14ClN3O3. The summed E-state index contributed by atoms with van der Waals surface area (Å²) in [6, 6.07) is 13.2. The van der Waals surface area contributed by atoms with Gasteiger partial charge in [-0.25, -0.2) is 0 Å². The number of anilines is 1. The van der Waals surface area contributed by atoms with Gasteiger partial charge in [0, 0.05) is 11.1 Å². The zero-order chi connectivity index (χ0) is 18.2. The van der Waals surface area contributed by atoms with Crippen molar-refractivity contribution in [1.82, 2.24) is 0 Å². The van der Waals surface area contributed by atoms with Crippen molar-refractivity contribution in [2.45, 2.75) is 6.92 Å². The first kappa shape index (κ1) is 18.1. The summed E-state index contributed by atoms with van der Waals surface area (Å²) >= 11 is 5.88. The van der Waals surface area contributed by atoms with Gasteiger partial charge in [0.1, 0.15) is 6.07 Å². The second-order valence-electron chi connectivity index (χ2n) is 4.84. The molecule has 2 aromatic rings. The summed E-state index contributed by atoms with van der Waals surface area (Å²) in [7, 11) is 0. The van der Waals surface area contributed by atoms with Crippen LogP contribution in [0.15, 0.2) is 36.4 Å². The van der Waals surface area contributed by atoms with E-state index in [4.69, 9.17) is 31.6 Å². The van der Waals surface area contributed by atoms with Gasteiger partial charge in [-0.05, 0) is 37.3 Å². The third-order valence-corrected chi connectivity index (χ3v) is 3.34. The number of hydrogen-bond donors (Lipinski definition) is 1. The molecule has 0 spiro atoms. The van der Waals surface area contributed by atoms with Crippen LogP contribution in [0.5, 0.6) is 11.5 Å². The van der Waals surface area contributed by atoms with Crippen LogP contribution in [0.1, 0.15) is 18.1 Å². The molecule has 25 heavy (non-hydrogen) atoms. The lowest BCUT2D eigenvalue weighted by molar-refractivity contribution is -0.118. The van der Waals surface area contributed by atoms with Crippen LogP contribution < -0.4 is 14.8 Å². The SMILES string of the molecule is CCOc1cc(C#N)ccc1OCC(=O)Nc1cc(Cl)ccc1C#N. The van der Waals surface area contributed by atoms with Gasteiger partial charge < -0.3 is 14.8 Å². The summed E-state index contributed by atoms with van der Waals surface area (Å²) in [6.45, 7) is 1.91. The Morgan fingerprint density at radius 3 is 2.60 bits per heavy atom. The predicted octanol–water partition coefficient (Wildman–Crippen LogP) is 3.50. The summed E-state index contributed by atoms with van der Waals surface area (Å²) in [5.74, 6) is 0.281. The fourth-order valence-electron chi connectivity index (χ4n) is 2.01. The second kappa shape index (κ2) is 8.58. The average Bonchev–Trinajstić information content (AvgIpc) is 2.61. The Balaban J connectivity index is 2.07. The lowest BCUT2D eigenvalue weighted by Crippen LogP contribution is -2.21. The van der Waals surface area contributed by atoms with Crippen LogP contribution in [0.25, 0.3) is 0 Å². The maximum atomic E-state index is 12.1. The van der Waals surface area contributed by atoms with Crippen LogP contribution in [0, 0.1) is 22.7 Å². The number of carbonyl (C=O) groups is 1. The number of amides is 1. The monoisotopic (exact) mass is 355 g/mol. The van der Waals surface area contributed by atoms with Crippen LogP contribution in [0.4, 0.5) is 5.69 Å². The topological polar surface area (TPSA) is 95.1 Å². The minimum absolute atomic E-state index is 0.288. The molecule has 0 aliphatic rings. The molecule has 1 N–H and O–H groups in total. The molecule has 0 aliphatic heterocycles. The van der Waals surface area contributed by atoms with Crippen molar-refractivity contribution < 1.29 is 14.3 Å². The van der Waals surface area contributed by atoms with E-state index < -0.39 is 5.91 Å². The molecule has 0 heterocycles. The third kappa shape index (κ3) is 4.87. The lowest BCUT2D eigenvalue weighted by Gasteiger charge is -2.12. The molecule has 7 heteroatoms. The standard InChI is InChI=1S/C18H14ClN3O3/c1-2-24-17-7-12(9-20)3-6-16(17)25-11-18(23)22-15-8-14(19)5-4-13(15)10-21/h3-8H,2,11H2,1H3,(H,22,23). The number of benzene rings is 2. The van der Waals surface area contributed by atoms with E-state index in [-0.39, 0.29) is 6.61 Å². The molecule has 126 valence electrons. The molecule has 2 aromatic carbocycles. The van der Waals surface area contributed by atoms with Gasteiger partial charge in [-0.1, -0.05) is 11.6 Å². The first-order chi connectivity index (χ1) is 12.1. The molecule has 0 aromatic heterocycles. The van der Waals surface area contributed by atoms with Gasteiger partial charge >= 0.3 is 0 Å². The molecule has 6 nitrogen and oxygen atoms in total. The molecule has 0 aliphatic carbocycles. The van der Waals surface area contributed by atoms with E-state index in [0.717, 1.165) is 0 Å². The largest absolute Gasteiger partial charge is 0.490 e. The van der Waals surface area contributed by atoms with Crippen molar-refractivity contribution in [2.24, 2.45) is 0 Å². The summed E-state index contributed by atoms with van der Waals surface area (Å²) in [5, 5.41) is 21.0. The van der Waals surface area contributed by atoms with Gasteiger partial charge in [0.05, 0.1) is 29.5 Å². The Morgan fingerprint density at radius 1 is 1.12 bits per heavy atom. The van der Waals surface area contributed by atoms with E-state index in [1.165, 1.54) is 12.1 Å². The van der Waals surface area contributed by atoms with Crippen molar-refractivity contribution in [1.29, 1.82) is 10.5 Å². The maximum Gasteiger partial charge on any atom is 0.262 e. The fraction of sp³-hybridized carbons (Fsp3) is 0.167. The fourth-order valence-corrected chi connectivity index (χ4v) is 2.18. The molecule has 0 saturated carbocycles. The summed E-state index contributed by atoms with van der Waals surface area (Å²) in [5.41, 5.74) is 1.04. The van der Waals surface area contributed by atoms with Crippen LogP contribution >= 0.6 is 11.6 Å². The van der Waals surface area contributed by atoms with Gasteiger partial charge in [-0.15, -0.1) is 0 Å². The minimum atomic E-state index is -0.453. The summed E-state index contributed by atoms with van der Waals surface area (Å²) in [6.07, 6.45) is 0. The van der Waals surface area contributed by atoms with Gasteiger partial charge in [0.15, 0.2) is 18.1 Å². The molecule has 0 bridgehead atoms.